The second-order valence-electron chi connectivity index (χ2n) is 4.81. The summed E-state index contributed by atoms with van der Waals surface area (Å²) < 4.78 is 6.01. The fraction of sp³-hybridized carbons (Fsp3) is 0.625. The quantitative estimate of drug-likeness (QED) is 0.756. The van der Waals surface area contributed by atoms with Crippen molar-refractivity contribution in [3.05, 3.63) is 29.8 Å². The van der Waals surface area contributed by atoms with E-state index in [0.29, 0.717) is 6.04 Å². The Morgan fingerprint density at radius 1 is 1.11 bits per heavy atom. The highest BCUT2D eigenvalue weighted by atomic mass is 16.5. The SMILES string of the molecule is CCc1ccccc1OC(C)CNC(CC)CC. The first-order chi connectivity index (χ1) is 8.71. The Bertz CT molecular complexity index is 334. The van der Waals surface area contributed by atoms with Crippen molar-refractivity contribution >= 4 is 0 Å². The molecule has 102 valence electrons. The number of aryl methyl sites for hydroxylation is 1. The Hall–Kier alpha value is -1.02. The molecule has 18 heavy (non-hydrogen) atoms. The minimum absolute atomic E-state index is 0.207. The van der Waals surface area contributed by atoms with E-state index in [9.17, 15) is 0 Å². The molecule has 0 fully saturated rings. The van der Waals surface area contributed by atoms with Gasteiger partial charge in [-0.1, -0.05) is 39.0 Å². The summed E-state index contributed by atoms with van der Waals surface area (Å²) >= 11 is 0. The highest BCUT2D eigenvalue weighted by molar-refractivity contribution is 5.33. The molecule has 2 nitrogen and oxygen atoms in total. The van der Waals surface area contributed by atoms with Crippen LogP contribution in [0.4, 0.5) is 0 Å². The summed E-state index contributed by atoms with van der Waals surface area (Å²) in [7, 11) is 0. The lowest BCUT2D eigenvalue weighted by Gasteiger charge is -2.21. The fourth-order valence-corrected chi connectivity index (χ4v) is 2.08. The van der Waals surface area contributed by atoms with Gasteiger partial charge in [0.25, 0.3) is 0 Å². The molecular formula is C16H27NO. The molecule has 0 aliphatic heterocycles. The summed E-state index contributed by atoms with van der Waals surface area (Å²) in [6, 6.07) is 8.91. The highest BCUT2D eigenvalue weighted by Crippen LogP contribution is 2.19. The first-order valence-corrected chi connectivity index (χ1v) is 7.19. The summed E-state index contributed by atoms with van der Waals surface area (Å²) in [4.78, 5) is 0. The lowest BCUT2D eigenvalue weighted by molar-refractivity contribution is 0.208. The lowest BCUT2D eigenvalue weighted by atomic mass is 10.1. The van der Waals surface area contributed by atoms with Crippen LogP contribution in [-0.4, -0.2) is 18.7 Å². The molecule has 0 bridgehead atoms. The standard InChI is InChI=1S/C16H27NO/c1-5-14-10-8-9-11-16(14)18-13(4)12-17-15(6-2)7-3/h8-11,13,15,17H,5-7,12H2,1-4H3. The van der Waals surface area contributed by atoms with Crippen LogP contribution in [0, 0.1) is 0 Å². The smallest absolute Gasteiger partial charge is 0.122 e. The molecule has 0 spiro atoms. The third-order valence-corrected chi connectivity index (χ3v) is 3.36. The molecule has 1 unspecified atom stereocenters. The van der Waals surface area contributed by atoms with E-state index in [2.05, 4.69) is 51.2 Å². The van der Waals surface area contributed by atoms with E-state index >= 15 is 0 Å². The van der Waals surface area contributed by atoms with E-state index in [1.54, 1.807) is 0 Å². The topological polar surface area (TPSA) is 21.3 Å². The van der Waals surface area contributed by atoms with E-state index in [4.69, 9.17) is 4.74 Å². The highest BCUT2D eigenvalue weighted by Gasteiger charge is 2.09. The molecule has 1 atom stereocenters. The van der Waals surface area contributed by atoms with Crippen molar-refractivity contribution in [1.29, 1.82) is 0 Å². The molecule has 0 aliphatic carbocycles. The number of nitrogens with one attached hydrogen (secondary N) is 1. The molecule has 0 heterocycles. The first-order valence-electron chi connectivity index (χ1n) is 7.19. The molecule has 1 rings (SSSR count). The molecule has 1 aromatic carbocycles. The number of hydrogen-bond donors (Lipinski definition) is 1. The van der Waals surface area contributed by atoms with Gasteiger partial charge in [-0.2, -0.15) is 0 Å². The maximum atomic E-state index is 6.01. The van der Waals surface area contributed by atoms with Crippen LogP contribution in [0.15, 0.2) is 24.3 Å². The van der Waals surface area contributed by atoms with Crippen molar-refractivity contribution in [2.45, 2.75) is 59.1 Å². The fourth-order valence-electron chi connectivity index (χ4n) is 2.08. The van der Waals surface area contributed by atoms with Gasteiger partial charge in [-0.05, 0) is 37.8 Å². The van der Waals surface area contributed by atoms with Gasteiger partial charge in [0, 0.05) is 12.6 Å². The predicted octanol–water partition coefficient (Wildman–Crippen LogP) is 3.79. The van der Waals surface area contributed by atoms with Crippen molar-refractivity contribution in [3.63, 3.8) is 0 Å². The Kier molecular flexibility index (Phi) is 6.81. The van der Waals surface area contributed by atoms with E-state index in [1.807, 2.05) is 6.07 Å². The van der Waals surface area contributed by atoms with E-state index in [0.717, 1.165) is 18.7 Å². The van der Waals surface area contributed by atoms with Crippen LogP contribution in [0.3, 0.4) is 0 Å². The molecule has 1 N–H and O–H groups in total. The zero-order valence-corrected chi connectivity index (χ0v) is 12.2. The van der Waals surface area contributed by atoms with E-state index in [-0.39, 0.29) is 6.10 Å². The zero-order chi connectivity index (χ0) is 13.4. The molecule has 0 saturated heterocycles. The second kappa shape index (κ2) is 8.15. The molecule has 1 aromatic rings. The zero-order valence-electron chi connectivity index (χ0n) is 12.2. The average molecular weight is 249 g/mol. The summed E-state index contributed by atoms with van der Waals surface area (Å²) in [5.41, 5.74) is 1.28. The molecule has 0 saturated carbocycles. The van der Waals surface area contributed by atoms with Gasteiger partial charge < -0.3 is 10.1 Å². The number of para-hydroxylation sites is 1. The predicted molar refractivity (Wildman–Crippen MR) is 78.3 cm³/mol. The molecule has 0 aliphatic rings. The largest absolute Gasteiger partial charge is 0.489 e. The number of benzene rings is 1. The van der Waals surface area contributed by atoms with Crippen LogP contribution < -0.4 is 10.1 Å². The molecular weight excluding hydrogens is 222 g/mol. The van der Waals surface area contributed by atoms with Crippen LogP contribution >= 0.6 is 0 Å². The Morgan fingerprint density at radius 3 is 2.39 bits per heavy atom. The van der Waals surface area contributed by atoms with Gasteiger partial charge in [0.1, 0.15) is 11.9 Å². The van der Waals surface area contributed by atoms with Crippen LogP contribution in [0.2, 0.25) is 0 Å². The van der Waals surface area contributed by atoms with Crippen LogP contribution in [0.25, 0.3) is 0 Å². The summed E-state index contributed by atoms with van der Waals surface area (Å²) in [5.74, 6) is 1.03. The third-order valence-electron chi connectivity index (χ3n) is 3.36. The number of ether oxygens (including phenoxy) is 1. The van der Waals surface area contributed by atoms with E-state index < -0.39 is 0 Å². The van der Waals surface area contributed by atoms with Gasteiger partial charge in [-0.25, -0.2) is 0 Å². The summed E-state index contributed by atoms with van der Waals surface area (Å²) in [6.07, 6.45) is 3.57. The first kappa shape index (κ1) is 15.0. The molecule has 0 aromatic heterocycles. The number of hydrogen-bond acceptors (Lipinski definition) is 2. The molecule has 2 heteroatoms. The van der Waals surface area contributed by atoms with Crippen LogP contribution in [0.1, 0.15) is 46.1 Å². The van der Waals surface area contributed by atoms with Crippen LogP contribution in [-0.2, 0) is 6.42 Å². The summed E-state index contributed by atoms with van der Waals surface area (Å²) in [5, 5.41) is 3.55. The number of rotatable bonds is 8. The lowest BCUT2D eigenvalue weighted by Crippen LogP contribution is -2.36. The van der Waals surface area contributed by atoms with Gasteiger partial charge in [-0.15, -0.1) is 0 Å². The van der Waals surface area contributed by atoms with Gasteiger partial charge in [-0.3, -0.25) is 0 Å². The maximum absolute atomic E-state index is 6.01. The van der Waals surface area contributed by atoms with Crippen LogP contribution in [0.5, 0.6) is 5.75 Å². The average Bonchev–Trinajstić information content (AvgIpc) is 2.40. The second-order valence-corrected chi connectivity index (χ2v) is 4.81. The van der Waals surface area contributed by atoms with Gasteiger partial charge in [0.15, 0.2) is 0 Å². The van der Waals surface area contributed by atoms with Gasteiger partial charge in [0.2, 0.25) is 0 Å². The van der Waals surface area contributed by atoms with Gasteiger partial charge >= 0.3 is 0 Å². The van der Waals surface area contributed by atoms with E-state index in [1.165, 1.54) is 18.4 Å². The Labute approximate surface area is 112 Å². The Balaban J connectivity index is 2.46. The monoisotopic (exact) mass is 249 g/mol. The van der Waals surface area contributed by atoms with Crippen molar-refractivity contribution in [2.75, 3.05) is 6.54 Å². The van der Waals surface area contributed by atoms with Gasteiger partial charge in [0.05, 0.1) is 0 Å². The van der Waals surface area contributed by atoms with Crippen molar-refractivity contribution in [1.82, 2.24) is 5.32 Å². The normalized spacial score (nSPS) is 12.7. The Morgan fingerprint density at radius 2 is 1.78 bits per heavy atom. The van der Waals surface area contributed by atoms with Crippen molar-refractivity contribution in [2.24, 2.45) is 0 Å². The van der Waals surface area contributed by atoms with Crippen molar-refractivity contribution in [3.8, 4) is 5.75 Å². The third kappa shape index (κ3) is 4.69. The maximum Gasteiger partial charge on any atom is 0.122 e. The minimum atomic E-state index is 0.207. The minimum Gasteiger partial charge on any atom is -0.489 e. The molecule has 0 amide bonds. The molecule has 0 radical (unpaired) electrons. The van der Waals surface area contributed by atoms with Crippen molar-refractivity contribution < 1.29 is 4.74 Å². The summed E-state index contributed by atoms with van der Waals surface area (Å²) in [6.45, 7) is 9.64.